The fourth-order valence-electron chi connectivity index (χ4n) is 9.06. The molecule has 0 aliphatic heterocycles. The van der Waals surface area contributed by atoms with E-state index in [-0.39, 0.29) is 19.0 Å². The molecule has 107 heavy (non-hydrogen) atoms. The molecule has 0 bridgehead atoms. The first kappa shape index (κ1) is 82.7. The number of carbonyl (C=O) groups is 9. The standard InChI is InChI=1S/C33H34O8.C31H30O7.C23H20O5/c1-3-31(34)39-22-8-6-5-7-21-37-28-17-13-27(14-18-28)33(36)41-30-19-11-26(12-20-30)25-9-15-29(16-10-25)38-23-24-40-32(35)4-2;1-3-29(32)36-22-8-6-5-7-21-35-26-15-13-25(14-16-26)31(34)38-28-19-11-24(12-20-28)23-9-17-27(18-10-23)37-30(33)4-2;1-15(2)22(25)27-19-10-5-17(6-11-19)7-14-21(24)18-8-12-20(13-9-18)28-23(26)16(3)4/h3-4,9-20H,1-2,5-8,21-24H2;3-4,9-20H,1-2,5-8,21-22H2;5-14H,1,3H2,2,4H3/b;;14-7+. The molecule has 0 aliphatic carbocycles. The zero-order valence-electron chi connectivity index (χ0n) is 59.7. The van der Waals surface area contributed by atoms with Crippen LogP contribution in [0.1, 0.15) is 102 Å². The molecule has 0 aromatic heterocycles. The van der Waals surface area contributed by atoms with Gasteiger partial charge in [-0.05, 0) is 233 Å². The number of esters is 8. The average Bonchev–Trinajstić information content (AvgIpc) is 0.839. The molecule has 0 N–H and O–H groups in total. The van der Waals surface area contributed by atoms with Crippen molar-refractivity contribution in [1.29, 1.82) is 0 Å². The zero-order valence-corrected chi connectivity index (χ0v) is 59.7. The maximum Gasteiger partial charge on any atom is 0.343 e. The van der Waals surface area contributed by atoms with E-state index in [1.807, 2.05) is 60.7 Å². The summed E-state index contributed by atoms with van der Waals surface area (Å²) < 4.78 is 58.1. The number of carbonyl (C=O) groups excluding carboxylic acids is 9. The first-order valence-electron chi connectivity index (χ1n) is 34.1. The van der Waals surface area contributed by atoms with Crippen LogP contribution in [0.3, 0.4) is 0 Å². The minimum absolute atomic E-state index is 0.144. The van der Waals surface area contributed by atoms with Crippen molar-refractivity contribution < 1.29 is 95.3 Å². The lowest BCUT2D eigenvalue weighted by molar-refractivity contribution is -0.139. The van der Waals surface area contributed by atoms with Gasteiger partial charge in [-0.15, -0.1) is 0 Å². The first-order chi connectivity index (χ1) is 51.7. The van der Waals surface area contributed by atoms with Crippen LogP contribution in [-0.4, -0.2) is 93.2 Å². The van der Waals surface area contributed by atoms with Crippen molar-refractivity contribution in [3.05, 3.63) is 297 Å². The molecule has 8 rings (SSSR count). The fourth-order valence-corrected chi connectivity index (χ4v) is 9.06. The number of rotatable bonds is 38. The van der Waals surface area contributed by atoms with Gasteiger partial charge in [0.15, 0.2) is 5.78 Å². The maximum atomic E-state index is 12.6. The van der Waals surface area contributed by atoms with Crippen LogP contribution in [0.4, 0.5) is 0 Å². The van der Waals surface area contributed by atoms with Gasteiger partial charge >= 0.3 is 47.8 Å². The highest BCUT2D eigenvalue weighted by Gasteiger charge is 2.14. The van der Waals surface area contributed by atoms with Gasteiger partial charge in [-0.3, -0.25) is 4.79 Å². The highest BCUT2D eigenvalue weighted by atomic mass is 16.6. The van der Waals surface area contributed by atoms with Crippen molar-refractivity contribution in [2.24, 2.45) is 0 Å². The second kappa shape index (κ2) is 45.7. The molecule has 0 spiro atoms. The van der Waals surface area contributed by atoms with E-state index < -0.39 is 47.8 Å². The van der Waals surface area contributed by atoms with Crippen molar-refractivity contribution >= 4 is 59.6 Å². The summed E-state index contributed by atoms with van der Waals surface area (Å²) in [4.78, 5) is 105. The van der Waals surface area contributed by atoms with Crippen molar-refractivity contribution in [2.75, 3.05) is 39.6 Å². The molecule has 0 fully saturated rings. The van der Waals surface area contributed by atoms with Crippen LogP contribution in [0.2, 0.25) is 0 Å². The van der Waals surface area contributed by atoms with E-state index in [2.05, 4.69) is 39.5 Å². The van der Waals surface area contributed by atoms with Crippen LogP contribution in [0, 0.1) is 0 Å². The Morgan fingerprint density at radius 2 is 0.570 bits per heavy atom. The number of ether oxygens (including phenoxy) is 11. The van der Waals surface area contributed by atoms with Crippen LogP contribution in [0.25, 0.3) is 28.3 Å². The van der Waals surface area contributed by atoms with Crippen molar-refractivity contribution in [3.8, 4) is 68.2 Å². The van der Waals surface area contributed by atoms with E-state index in [1.54, 1.807) is 153 Å². The normalized spacial score (nSPS) is 10.3. The van der Waals surface area contributed by atoms with Gasteiger partial charge in [0.25, 0.3) is 0 Å². The third kappa shape index (κ3) is 31.1. The lowest BCUT2D eigenvalue weighted by Gasteiger charge is -2.09. The Bertz CT molecular complexity index is 4340. The van der Waals surface area contributed by atoms with Crippen LogP contribution < -0.4 is 37.9 Å². The summed E-state index contributed by atoms with van der Waals surface area (Å²) >= 11 is 0. The molecule has 0 saturated carbocycles. The van der Waals surface area contributed by atoms with Crippen molar-refractivity contribution in [3.63, 3.8) is 0 Å². The predicted octanol–water partition coefficient (Wildman–Crippen LogP) is 17.2. The summed E-state index contributed by atoms with van der Waals surface area (Å²) in [5.74, 6) is 0.136. The predicted molar refractivity (Wildman–Crippen MR) is 406 cm³/mol. The number of hydrogen-bond acceptors (Lipinski definition) is 20. The molecule has 20 nitrogen and oxygen atoms in total. The van der Waals surface area contributed by atoms with E-state index >= 15 is 0 Å². The van der Waals surface area contributed by atoms with Gasteiger partial charge in [-0.2, -0.15) is 0 Å². The summed E-state index contributed by atoms with van der Waals surface area (Å²) in [6.45, 7) is 25.9. The van der Waals surface area contributed by atoms with Gasteiger partial charge in [-0.25, -0.2) is 38.4 Å². The van der Waals surface area contributed by atoms with Crippen molar-refractivity contribution in [1.82, 2.24) is 0 Å². The number of ketones is 1. The van der Waals surface area contributed by atoms with Gasteiger partial charge in [0.1, 0.15) is 59.2 Å². The molecule has 552 valence electrons. The molecular weight excluding hydrogens is 1360 g/mol. The SMILES string of the molecule is C=C(C)C(=O)Oc1ccc(/C=C/C(=O)c2ccc(OC(=O)C(=C)C)cc2)cc1.C=CC(=O)OCCCCCCOc1ccc(C(=O)Oc2ccc(-c3ccc(OC(=O)C=C)cc3)cc2)cc1.C=CC(=O)OCCCCCCOc1ccc(C(=O)Oc2ccc(-c3ccc(OCCOC(=O)C=C)cc3)cc2)cc1. The second-order valence-corrected chi connectivity index (χ2v) is 23.2. The third-order valence-corrected chi connectivity index (χ3v) is 14.8. The Labute approximate surface area is 622 Å². The molecule has 0 aliphatic rings. The molecular formula is C87H84O20. The Kier molecular flexibility index (Phi) is 35.3. The van der Waals surface area contributed by atoms with Gasteiger partial charge in [0.2, 0.25) is 0 Å². The van der Waals surface area contributed by atoms with Crippen LogP contribution in [-0.2, 0) is 43.0 Å². The number of hydrogen-bond donors (Lipinski definition) is 0. The van der Waals surface area contributed by atoms with Gasteiger partial charge in [0, 0.05) is 41.0 Å². The van der Waals surface area contributed by atoms with Crippen molar-refractivity contribution in [2.45, 2.75) is 65.2 Å². The van der Waals surface area contributed by atoms with E-state index in [1.165, 1.54) is 6.08 Å². The quantitative estimate of drug-likeness (QED) is 0.00870. The van der Waals surface area contributed by atoms with Gasteiger partial charge in [0.05, 0.1) is 37.6 Å². The van der Waals surface area contributed by atoms with E-state index in [0.717, 1.165) is 103 Å². The van der Waals surface area contributed by atoms with E-state index in [0.29, 0.717) is 100 Å². The minimum atomic E-state index is -0.517. The molecule has 0 radical (unpaired) electrons. The highest BCUT2D eigenvalue weighted by Crippen LogP contribution is 2.28. The van der Waals surface area contributed by atoms with Gasteiger partial charge in [-0.1, -0.05) is 106 Å². The topological polar surface area (TPSA) is 255 Å². The Balaban J connectivity index is 0.000000256. The lowest BCUT2D eigenvalue weighted by atomic mass is 10.1. The third-order valence-electron chi connectivity index (χ3n) is 14.8. The molecule has 0 amide bonds. The summed E-state index contributed by atoms with van der Waals surface area (Å²) in [7, 11) is 0. The largest absolute Gasteiger partial charge is 0.494 e. The van der Waals surface area contributed by atoms with E-state index in [4.69, 9.17) is 52.1 Å². The number of benzene rings is 8. The van der Waals surface area contributed by atoms with Crippen LogP contribution >= 0.6 is 0 Å². The first-order valence-corrected chi connectivity index (χ1v) is 34.1. The lowest BCUT2D eigenvalue weighted by Crippen LogP contribution is -2.10. The van der Waals surface area contributed by atoms with Crippen LogP contribution in [0.15, 0.2) is 275 Å². The summed E-state index contributed by atoms with van der Waals surface area (Å²) in [5.41, 5.74) is 6.44. The van der Waals surface area contributed by atoms with E-state index in [9.17, 15) is 43.2 Å². The second-order valence-electron chi connectivity index (χ2n) is 23.2. The molecule has 0 unspecified atom stereocenters. The zero-order chi connectivity index (χ0) is 77.1. The smallest absolute Gasteiger partial charge is 0.343 e. The maximum absolute atomic E-state index is 12.6. The van der Waals surface area contributed by atoms with Crippen LogP contribution in [0.5, 0.6) is 46.0 Å². The molecule has 8 aromatic carbocycles. The highest BCUT2D eigenvalue weighted by molar-refractivity contribution is 6.07. The summed E-state index contributed by atoms with van der Waals surface area (Å²) in [6, 6.07) is 55.6. The molecule has 8 aromatic rings. The fraction of sp³-hybridized carbons (Fsp3) is 0.184. The Hall–Kier alpha value is -13.2. The monoisotopic (exact) mass is 1450 g/mol. The summed E-state index contributed by atoms with van der Waals surface area (Å²) in [5, 5.41) is 0. The Morgan fingerprint density at radius 3 is 0.925 bits per heavy atom. The number of allylic oxidation sites excluding steroid dienone is 1. The molecule has 0 heterocycles. The summed E-state index contributed by atoms with van der Waals surface area (Å²) in [6.07, 6.45) is 14.8. The minimum Gasteiger partial charge on any atom is -0.494 e. The number of unbranched alkanes of at least 4 members (excludes halogenated alkanes) is 6. The molecule has 0 saturated heterocycles. The molecule has 0 atom stereocenters. The average molecular weight is 1450 g/mol. The Morgan fingerprint density at radius 1 is 0.290 bits per heavy atom. The molecule has 20 heteroatoms. The van der Waals surface area contributed by atoms with Gasteiger partial charge < -0.3 is 52.1 Å².